The maximum atomic E-state index is 10.8. The predicted octanol–water partition coefficient (Wildman–Crippen LogP) is 3.99. The molecule has 0 saturated heterocycles. The van der Waals surface area contributed by atoms with Gasteiger partial charge in [-0.3, -0.25) is 10.1 Å². The van der Waals surface area contributed by atoms with E-state index in [9.17, 15) is 10.1 Å². The number of nitro groups is 1. The molecule has 1 unspecified atom stereocenters. The van der Waals surface area contributed by atoms with E-state index in [1.165, 1.54) is 11.6 Å². The highest BCUT2D eigenvalue weighted by atomic mass is 16.6. The van der Waals surface area contributed by atoms with E-state index in [2.05, 4.69) is 5.32 Å². The van der Waals surface area contributed by atoms with Crippen molar-refractivity contribution < 1.29 is 9.34 Å². The van der Waals surface area contributed by atoms with Crippen molar-refractivity contribution in [3.63, 3.8) is 0 Å². The van der Waals surface area contributed by atoms with Gasteiger partial charge in [-0.15, -0.1) is 0 Å². The van der Waals surface area contributed by atoms with Crippen LogP contribution in [0.5, 0.6) is 0 Å². The number of hydrogen-bond acceptors (Lipinski definition) is 4. The van der Waals surface area contributed by atoms with Crippen molar-refractivity contribution >= 4 is 11.4 Å². The second-order valence-electron chi connectivity index (χ2n) is 5.14. The molecule has 1 N–H and O–H groups in total. The van der Waals surface area contributed by atoms with Gasteiger partial charge in [-0.25, -0.2) is 0 Å². The number of anilines is 1. The number of benzene rings is 1. The molecule has 20 heavy (non-hydrogen) atoms. The number of aryl methyl sites for hydroxylation is 2. The molecule has 0 saturated carbocycles. The molecule has 1 heterocycles. The minimum absolute atomic E-state index is 0.126. The van der Waals surface area contributed by atoms with Gasteiger partial charge in [0.2, 0.25) is 0 Å². The average Bonchev–Trinajstić information content (AvgIpc) is 2.90. The van der Waals surface area contributed by atoms with Crippen molar-refractivity contribution in [3.8, 4) is 0 Å². The van der Waals surface area contributed by atoms with E-state index in [0.717, 1.165) is 36.3 Å². The molecule has 0 amide bonds. The molecule has 104 valence electrons. The molecule has 0 radical (unpaired) electrons. The lowest BCUT2D eigenvalue weighted by molar-refractivity contribution is -0.384. The van der Waals surface area contributed by atoms with Crippen LogP contribution in [0.25, 0.3) is 0 Å². The Morgan fingerprint density at radius 3 is 3.00 bits per heavy atom. The Morgan fingerprint density at radius 1 is 1.40 bits per heavy atom. The van der Waals surface area contributed by atoms with Crippen LogP contribution in [-0.2, 0) is 6.42 Å². The Hall–Kier alpha value is -2.30. The van der Waals surface area contributed by atoms with Gasteiger partial charge in [0.1, 0.15) is 5.76 Å². The smallest absolute Gasteiger partial charge is 0.269 e. The number of nitrogens with zero attached hydrogens (tertiary/aromatic N) is 1. The fraction of sp³-hybridized carbons (Fsp3) is 0.333. The minimum atomic E-state index is -0.369. The molecule has 1 aliphatic carbocycles. The number of furan rings is 1. The molecule has 2 aromatic rings. The van der Waals surface area contributed by atoms with Gasteiger partial charge in [0.15, 0.2) is 0 Å². The first kappa shape index (κ1) is 12.7. The molecule has 0 fully saturated rings. The van der Waals surface area contributed by atoms with Gasteiger partial charge in [0.25, 0.3) is 5.69 Å². The Bertz CT molecular complexity index is 648. The van der Waals surface area contributed by atoms with Crippen LogP contribution in [0, 0.1) is 17.0 Å². The summed E-state index contributed by atoms with van der Waals surface area (Å²) in [4.78, 5) is 10.4. The second-order valence-corrected chi connectivity index (χ2v) is 5.14. The fourth-order valence-electron chi connectivity index (χ4n) is 2.75. The zero-order valence-corrected chi connectivity index (χ0v) is 11.3. The number of hydrogen-bond donors (Lipinski definition) is 1. The van der Waals surface area contributed by atoms with E-state index in [4.69, 9.17) is 4.42 Å². The Kier molecular flexibility index (Phi) is 3.18. The summed E-state index contributed by atoms with van der Waals surface area (Å²) >= 11 is 0. The maximum absolute atomic E-state index is 10.8. The number of non-ortho nitro benzene ring substituents is 1. The molecular formula is C15H16N2O3. The molecule has 1 aromatic carbocycles. The van der Waals surface area contributed by atoms with Crippen LogP contribution >= 0.6 is 0 Å². The zero-order valence-electron chi connectivity index (χ0n) is 11.3. The van der Waals surface area contributed by atoms with E-state index < -0.39 is 0 Å². The summed E-state index contributed by atoms with van der Waals surface area (Å²) in [6.45, 7) is 1.88. The molecular weight excluding hydrogens is 256 g/mol. The van der Waals surface area contributed by atoms with Gasteiger partial charge in [-0.1, -0.05) is 0 Å². The quantitative estimate of drug-likeness (QED) is 0.677. The topological polar surface area (TPSA) is 68.3 Å². The van der Waals surface area contributed by atoms with Gasteiger partial charge in [-0.05, 0) is 37.5 Å². The lowest BCUT2D eigenvalue weighted by Crippen LogP contribution is -2.16. The van der Waals surface area contributed by atoms with E-state index >= 15 is 0 Å². The Morgan fingerprint density at radius 2 is 2.25 bits per heavy atom. The number of nitrogens with one attached hydrogen (secondary N) is 1. The van der Waals surface area contributed by atoms with Crippen LogP contribution < -0.4 is 5.32 Å². The lowest BCUT2D eigenvalue weighted by Gasteiger charge is -2.24. The van der Waals surface area contributed by atoms with Crippen molar-refractivity contribution in [3.05, 3.63) is 57.5 Å². The highest BCUT2D eigenvalue weighted by Gasteiger charge is 2.23. The number of nitro benzene ring substituents is 1. The second kappa shape index (κ2) is 5.00. The summed E-state index contributed by atoms with van der Waals surface area (Å²) in [7, 11) is 0. The van der Waals surface area contributed by atoms with Crippen LogP contribution in [0.4, 0.5) is 11.4 Å². The van der Waals surface area contributed by atoms with Gasteiger partial charge in [-0.2, -0.15) is 0 Å². The average molecular weight is 272 g/mol. The highest BCUT2D eigenvalue weighted by molar-refractivity contribution is 5.56. The first-order valence-electron chi connectivity index (χ1n) is 6.73. The molecule has 5 nitrogen and oxygen atoms in total. The summed E-state index contributed by atoms with van der Waals surface area (Å²) in [6.07, 6.45) is 4.85. The third-order valence-corrected chi connectivity index (χ3v) is 3.80. The molecule has 0 spiro atoms. The number of rotatable bonds is 3. The summed E-state index contributed by atoms with van der Waals surface area (Å²) in [6, 6.07) is 7.14. The molecule has 3 rings (SSSR count). The van der Waals surface area contributed by atoms with Crippen molar-refractivity contribution in [2.45, 2.75) is 32.2 Å². The minimum Gasteiger partial charge on any atom is -0.469 e. The first-order chi connectivity index (χ1) is 9.65. The first-order valence-corrected chi connectivity index (χ1v) is 6.73. The van der Waals surface area contributed by atoms with Gasteiger partial charge >= 0.3 is 0 Å². The molecule has 1 atom stereocenters. The maximum Gasteiger partial charge on any atom is 0.269 e. The van der Waals surface area contributed by atoms with Crippen LogP contribution in [0.2, 0.25) is 0 Å². The SMILES string of the molecule is Cc1cc([N+](=O)[O-])ccc1NC1CCCc2occc21. The van der Waals surface area contributed by atoms with Crippen LogP contribution in [0.3, 0.4) is 0 Å². The summed E-state index contributed by atoms with van der Waals surface area (Å²) < 4.78 is 5.48. The largest absolute Gasteiger partial charge is 0.469 e. The van der Waals surface area contributed by atoms with E-state index in [1.807, 2.05) is 13.0 Å². The number of fused-ring (bicyclic) bond motifs is 1. The van der Waals surface area contributed by atoms with Crippen molar-refractivity contribution in [1.29, 1.82) is 0 Å². The zero-order chi connectivity index (χ0) is 14.1. The van der Waals surface area contributed by atoms with Crippen LogP contribution in [0.15, 0.2) is 34.9 Å². The Labute approximate surface area is 116 Å². The van der Waals surface area contributed by atoms with Crippen molar-refractivity contribution in [2.75, 3.05) is 5.32 Å². The third kappa shape index (κ3) is 2.27. The van der Waals surface area contributed by atoms with Crippen molar-refractivity contribution in [2.24, 2.45) is 0 Å². The van der Waals surface area contributed by atoms with Crippen LogP contribution in [-0.4, -0.2) is 4.92 Å². The normalized spacial score (nSPS) is 17.6. The summed E-state index contributed by atoms with van der Waals surface area (Å²) in [5.41, 5.74) is 3.15. The summed E-state index contributed by atoms with van der Waals surface area (Å²) in [5.74, 6) is 1.05. The van der Waals surface area contributed by atoms with Crippen molar-refractivity contribution in [1.82, 2.24) is 0 Å². The van der Waals surface area contributed by atoms with Gasteiger partial charge < -0.3 is 9.73 Å². The standard InChI is InChI=1S/C15H16N2O3/c1-10-9-11(17(18)19)5-6-13(10)16-14-3-2-4-15-12(14)7-8-20-15/h5-9,14,16H,2-4H2,1H3. The third-order valence-electron chi connectivity index (χ3n) is 3.80. The van der Waals surface area contributed by atoms with E-state index in [-0.39, 0.29) is 16.7 Å². The predicted molar refractivity (Wildman–Crippen MR) is 75.8 cm³/mol. The molecule has 5 heteroatoms. The molecule has 0 bridgehead atoms. The van der Waals surface area contributed by atoms with E-state index in [0.29, 0.717) is 0 Å². The highest BCUT2D eigenvalue weighted by Crippen LogP contribution is 2.34. The van der Waals surface area contributed by atoms with Crippen LogP contribution in [0.1, 0.15) is 35.8 Å². The fourth-order valence-corrected chi connectivity index (χ4v) is 2.75. The van der Waals surface area contributed by atoms with Gasteiger partial charge in [0.05, 0.1) is 17.2 Å². The summed E-state index contributed by atoms with van der Waals surface area (Å²) in [5, 5.41) is 14.2. The Balaban J connectivity index is 1.84. The van der Waals surface area contributed by atoms with Gasteiger partial charge in [0, 0.05) is 29.8 Å². The van der Waals surface area contributed by atoms with E-state index in [1.54, 1.807) is 18.4 Å². The lowest BCUT2D eigenvalue weighted by atomic mass is 9.93. The molecule has 0 aliphatic heterocycles. The molecule has 1 aliphatic rings. The molecule has 1 aromatic heterocycles. The monoisotopic (exact) mass is 272 g/mol.